The van der Waals surface area contributed by atoms with Crippen LogP contribution in [0.25, 0.3) is 6.08 Å². The Morgan fingerprint density at radius 3 is 2.46 bits per heavy atom. The molecule has 0 radical (unpaired) electrons. The van der Waals surface area contributed by atoms with E-state index in [9.17, 15) is 29.4 Å². The second kappa shape index (κ2) is 7.09. The summed E-state index contributed by atoms with van der Waals surface area (Å²) in [5.41, 5.74) is -0.740. The van der Waals surface area contributed by atoms with Crippen molar-refractivity contribution in [3.63, 3.8) is 0 Å². The molecule has 9 heteroatoms. The summed E-state index contributed by atoms with van der Waals surface area (Å²) in [6, 6.07) is 8.46. The maximum atomic E-state index is 13.6. The lowest BCUT2D eigenvalue weighted by Gasteiger charge is -2.03. The second-order valence-electron chi connectivity index (χ2n) is 4.56. The molecule has 0 spiro atoms. The zero-order valence-electron chi connectivity index (χ0n) is 12.0. The van der Waals surface area contributed by atoms with E-state index < -0.39 is 21.6 Å². The highest BCUT2D eigenvalue weighted by molar-refractivity contribution is 6.02. The van der Waals surface area contributed by atoms with E-state index in [1.807, 2.05) is 0 Å². The van der Waals surface area contributed by atoms with Gasteiger partial charge in [0.2, 0.25) is 5.91 Å². The van der Waals surface area contributed by atoms with Gasteiger partial charge in [0.05, 0.1) is 21.1 Å². The normalized spacial score (nSPS) is 10.5. The van der Waals surface area contributed by atoms with E-state index in [0.717, 1.165) is 24.3 Å². The highest BCUT2D eigenvalue weighted by Crippen LogP contribution is 2.22. The molecular weight excluding hydrogens is 321 g/mol. The largest absolute Gasteiger partial charge is 0.320 e. The summed E-state index contributed by atoms with van der Waals surface area (Å²) in [6.07, 6.45) is 2.17. The molecule has 2 rings (SSSR count). The van der Waals surface area contributed by atoms with Crippen LogP contribution in [0.3, 0.4) is 0 Å². The second-order valence-corrected chi connectivity index (χ2v) is 4.56. The Hall–Kier alpha value is -3.62. The molecule has 0 unspecified atom stereocenters. The number of benzene rings is 2. The number of hydrogen-bond donors (Lipinski definition) is 1. The van der Waals surface area contributed by atoms with Gasteiger partial charge >= 0.3 is 0 Å². The fourth-order valence-electron chi connectivity index (χ4n) is 1.86. The number of nitrogens with zero attached hydrogens (tertiary/aromatic N) is 2. The van der Waals surface area contributed by atoms with Crippen LogP contribution in [0.1, 0.15) is 5.56 Å². The Bertz CT molecular complexity index is 851. The minimum Gasteiger partial charge on any atom is -0.320 e. The average Bonchev–Trinajstić information content (AvgIpc) is 2.55. The number of rotatable bonds is 5. The zero-order valence-corrected chi connectivity index (χ0v) is 12.0. The molecule has 8 nitrogen and oxygen atoms in total. The molecule has 0 saturated carbocycles. The summed E-state index contributed by atoms with van der Waals surface area (Å²) in [7, 11) is 0. The fraction of sp³-hybridized carbons (Fsp3) is 0. The Labute approximate surface area is 134 Å². The van der Waals surface area contributed by atoms with Gasteiger partial charge in [0, 0.05) is 24.3 Å². The van der Waals surface area contributed by atoms with E-state index in [1.165, 1.54) is 24.3 Å². The van der Waals surface area contributed by atoms with Gasteiger partial charge in [-0.1, -0.05) is 12.1 Å². The molecule has 1 N–H and O–H groups in total. The number of carbonyl (C=O) groups is 1. The van der Waals surface area contributed by atoms with Crippen molar-refractivity contribution in [2.45, 2.75) is 0 Å². The fourth-order valence-corrected chi connectivity index (χ4v) is 1.86. The van der Waals surface area contributed by atoms with Gasteiger partial charge in [-0.25, -0.2) is 4.39 Å². The molecule has 2 aromatic rings. The van der Waals surface area contributed by atoms with Crippen molar-refractivity contribution in [1.29, 1.82) is 0 Å². The van der Waals surface area contributed by atoms with Crippen LogP contribution in [0.15, 0.2) is 48.5 Å². The number of non-ortho nitro benzene ring substituents is 1. The number of nitro benzene ring substituents is 2. The van der Waals surface area contributed by atoms with Gasteiger partial charge in [-0.2, -0.15) is 0 Å². The highest BCUT2D eigenvalue weighted by Gasteiger charge is 2.13. The van der Waals surface area contributed by atoms with E-state index in [1.54, 1.807) is 6.07 Å². The lowest BCUT2D eigenvalue weighted by Crippen LogP contribution is -2.09. The van der Waals surface area contributed by atoms with Crippen LogP contribution in [0, 0.1) is 26.0 Å². The number of carbonyl (C=O) groups excluding carboxylic acids is 1. The lowest BCUT2D eigenvalue weighted by atomic mass is 10.1. The SMILES string of the molecule is O=C(C=Cc1ccccc1[N+](=O)[O-])Nc1cc([N+](=O)[O-])ccc1F. The predicted molar refractivity (Wildman–Crippen MR) is 83.8 cm³/mol. The minimum atomic E-state index is -0.840. The number of nitro groups is 2. The summed E-state index contributed by atoms with van der Waals surface area (Å²) in [4.78, 5) is 32.0. The first kappa shape index (κ1) is 16.7. The minimum absolute atomic E-state index is 0.192. The van der Waals surface area contributed by atoms with E-state index in [0.29, 0.717) is 0 Å². The monoisotopic (exact) mass is 331 g/mol. The molecule has 0 bridgehead atoms. The number of hydrogen-bond acceptors (Lipinski definition) is 5. The smallest absolute Gasteiger partial charge is 0.276 e. The topological polar surface area (TPSA) is 115 Å². The van der Waals surface area contributed by atoms with Crippen LogP contribution in [0.5, 0.6) is 0 Å². The number of para-hydroxylation sites is 1. The zero-order chi connectivity index (χ0) is 17.7. The van der Waals surface area contributed by atoms with Crippen LogP contribution in [0.4, 0.5) is 21.5 Å². The number of halogens is 1. The number of amides is 1. The van der Waals surface area contributed by atoms with Gasteiger partial charge in [-0.15, -0.1) is 0 Å². The van der Waals surface area contributed by atoms with E-state index in [2.05, 4.69) is 5.32 Å². The maximum absolute atomic E-state index is 13.6. The predicted octanol–water partition coefficient (Wildman–Crippen LogP) is 3.29. The van der Waals surface area contributed by atoms with Crippen LogP contribution in [0.2, 0.25) is 0 Å². The summed E-state index contributed by atoms with van der Waals surface area (Å²) in [6.45, 7) is 0. The third-order valence-electron chi connectivity index (χ3n) is 2.97. The van der Waals surface area contributed by atoms with Gasteiger partial charge in [0.25, 0.3) is 11.4 Å². The van der Waals surface area contributed by atoms with Crippen molar-refractivity contribution in [3.8, 4) is 0 Å². The van der Waals surface area contributed by atoms with E-state index in [4.69, 9.17) is 0 Å². The molecule has 0 heterocycles. The Balaban J connectivity index is 2.19. The standard InChI is InChI=1S/C15H10FN3O5/c16-12-7-6-11(18(21)22)9-13(12)17-15(20)8-5-10-3-1-2-4-14(10)19(23)24/h1-9H,(H,17,20). The third kappa shape index (κ3) is 3.97. The summed E-state index contributed by atoms with van der Waals surface area (Å²) < 4.78 is 13.6. The van der Waals surface area contributed by atoms with Crippen molar-refractivity contribution in [1.82, 2.24) is 0 Å². The van der Waals surface area contributed by atoms with Gasteiger partial charge in [-0.05, 0) is 18.2 Å². The van der Waals surface area contributed by atoms with Crippen molar-refractivity contribution in [3.05, 3.63) is 80.1 Å². The summed E-state index contributed by atoms with van der Waals surface area (Å²) in [5, 5.41) is 23.7. The highest BCUT2D eigenvalue weighted by atomic mass is 19.1. The van der Waals surface area contributed by atoms with Crippen molar-refractivity contribution >= 4 is 29.0 Å². The number of nitrogens with one attached hydrogen (secondary N) is 1. The molecule has 2 aromatic carbocycles. The molecule has 0 fully saturated rings. The molecule has 0 aromatic heterocycles. The van der Waals surface area contributed by atoms with Crippen LogP contribution in [-0.2, 0) is 4.79 Å². The maximum Gasteiger partial charge on any atom is 0.276 e. The van der Waals surface area contributed by atoms with Crippen LogP contribution < -0.4 is 5.32 Å². The Morgan fingerprint density at radius 2 is 1.79 bits per heavy atom. The Morgan fingerprint density at radius 1 is 1.08 bits per heavy atom. The molecule has 0 aliphatic carbocycles. The van der Waals surface area contributed by atoms with Crippen LogP contribution in [-0.4, -0.2) is 15.8 Å². The molecule has 0 saturated heterocycles. The van der Waals surface area contributed by atoms with Crippen molar-refractivity contribution in [2.24, 2.45) is 0 Å². The molecule has 122 valence electrons. The van der Waals surface area contributed by atoms with Crippen molar-refractivity contribution in [2.75, 3.05) is 5.32 Å². The first-order chi connectivity index (χ1) is 11.4. The molecule has 0 aliphatic rings. The third-order valence-corrected chi connectivity index (χ3v) is 2.97. The average molecular weight is 331 g/mol. The molecular formula is C15H10FN3O5. The quantitative estimate of drug-likeness (QED) is 0.513. The Kier molecular flexibility index (Phi) is 4.95. The summed E-state index contributed by atoms with van der Waals surface area (Å²) in [5.74, 6) is -1.62. The number of anilines is 1. The van der Waals surface area contributed by atoms with Gasteiger partial charge in [0.1, 0.15) is 5.82 Å². The molecule has 0 atom stereocenters. The van der Waals surface area contributed by atoms with Gasteiger partial charge < -0.3 is 5.32 Å². The van der Waals surface area contributed by atoms with Gasteiger partial charge in [-0.3, -0.25) is 25.0 Å². The van der Waals surface area contributed by atoms with E-state index >= 15 is 0 Å². The van der Waals surface area contributed by atoms with Crippen molar-refractivity contribution < 1.29 is 19.0 Å². The first-order valence-electron chi connectivity index (χ1n) is 6.55. The summed E-state index contributed by atoms with van der Waals surface area (Å²) >= 11 is 0. The molecule has 0 aliphatic heterocycles. The van der Waals surface area contributed by atoms with E-state index in [-0.39, 0.29) is 22.6 Å². The molecule has 1 amide bonds. The lowest BCUT2D eigenvalue weighted by molar-refractivity contribution is -0.385. The first-order valence-corrected chi connectivity index (χ1v) is 6.55. The van der Waals surface area contributed by atoms with Gasteiger partial charge in [0.15, 0.2) is 0 Å². The van der Waals surface area contributed by atoms with Crippen LogP contribution >= 0.6 is 0 Å². The molecule has 24 heavy (non-hydrogen) atoms.